The summed E-state index contributed by atoms with van der Waals surface area (Å²) >= 11 is 0. The molecular formula is C70H96N8O12. The topological polar surface area (TPSA) is 222 Å². The number of rotatable bonds is 16. The van der Waals surface area contributed by atoms with Gasteiger partial charge in [0.05, 0.1) is 36.6 Å². The van der Waals surface area contributed by atoms with Crippen LogP contribution in [0.15, 0.2) is 73.3 Å². The molecule has 1 aliphatic rings. The quantitative estimate of drug-likeness (QED) is 0.0587. The van der Waals surface area contributed by atoms with Crippen molar-refractivity contribution in [3.63, 3.8) is 0 Å². The van der Waals surface area contributed by atoms with Crippen LogP contribution in [0.3, 0.4) is 0 Å². The Balaban J connectivity index is 1.57. The molecule has 20 heteroatoms. The summed E-state index contributed by atoms with van der Waals surface area (Å²) in [5, 5.41) is 8.91. The van der Waals surface area contributed by atoms with Crippen LogP contribution in [-0.2, 0) is 83.2 Å². The van der Waals surface area contributed by atoms with E-state index < -0.39 is 96.1 Å². The van der Waals surface area contributed by atoms with Gasteiger partial charge in [-0.25, -0.2) is 19.2 Å². The van der Waals surface area contributed by atoms with E-state index >= 15 is 9.59 Å². The zero-order valence-electron chi connectivity index (χ0n) is 56.1. The summed E-state index contributed by atoms with van der Waals surface area (Å²) in [6.07, 6.45) is 0.980. The van der Waals surface area contributed by atoms with Crippen LogP contribution in [0.4, 0.5) is 0 Å². The number of nitrogens with zero attached hydrogens (tertiary/aromatic N) is 8. The number of carbonyl (C=O) groups excluding carboxylic acids is 8. The van der Waals surface area contributed by atoms with E-state index in [2.05, 4.69) is 33.9 Å². The van der Waals surface area contributed by atoms with E-state index in [9.17, 15) is 28.8 Å². The number of aromatic nitrogens is 4. The third-order valence-electron chi connectivity index (χ3n) is 15.3. The van der Waals surface area contributed by atoms with Crippen LogP contribution in [0, 0.1) is 59.2 Å². The summed E-state index contributed by atoms with van der Waals surface area (Å²) < 4.78 is 27.9. The number of cyclic esters (lactones) is 4. The molecule has 0 bridgehead atoms. The van der Waals surface area contributed by atoms with Crippen LogP contribution in [-0.4, -0.2) is 163 Å². The molecule has 0 radical (unpaired) electrons. The van der Waals surface area contributed by atoms with E-state index in [1.165, 1.54) is 42.0 Å². The lowest BCUT2D eigenvalue weighted by atomic mass is 9.99. The molecule has 1 fully saturated rings. The molecule has 4 amide bonds. The second kappa shape index (κ2) is 33.5. The normalized spacial score (nSPS) is 21.8. The zero-order valence-corrected chi connectivity index (χ0v) is 56.1. The standard InChI is InChI=1S/C70H96N8O12/c1-43(2)19-21-55-37-71-77(41-55)39-53-27-23-51(24-28-53)35-61-65(81)75(17)57(31-45(5)6)67(83)87-50(14)64(80)74(16)60(34-48(11)12)70(86)90-62(36-52-25-29-54(30-26-52)40-78-42-56(38-72-78)22-20-44(3)4)66(82)76(18)58(32-46(7)8)68(84)88-49(13)63(79)73(15)59(33-47(9)10)69(85)89-61/h23-30,37-38,41-50,57-62H,31-36,39-40H2,1-18H3/t49-,50-,57+,58+,59+,60+,61-,62-/m1/s1. The minimum atomic E-state index is -1.55. The predicted octanol–water partition coefficient (Wildman–Crippen LogP) is 8.17. The Kier molecular flexibility index (Phi) is 27.0. The highest BCUT2D eigenvalue weighted by Gasteiger charge is 2.43. The lowest BCUT2D eigenvalue weighted by Gasteiger charge is -2.35. The van der Waals surface area contributed by atoms with Crippen molar-refractivity contribution in [1.29, 1.82) is 0 Å². The maximum atomic E-state index is 15.1. The second-order valence-electron chi connectivity index (χ2n) is 26.1. The lowest BCUT2D eigenvalue weighted by molar-refractivity contribution is -0.176. The van der Waals surface area contributed by atoms with Gasteiger partial charge in [-0.2, -0.15) is 10.2 Å². The van der Waals surface area contributed by atoms with Gasteiger partial charge in [0.15, 0.2) is 24.4 Å². The molecule has 90 heavy (non-hydrogen) atoms. The van der Waals surface area contributed by atoms with Crippen molar-refractivity contribution in [2.24, 2.45) is 35.5 Å². The number of likely N-dealkylation sites (N-methyl/N-ethyl adjacent to an activating group) is 4. The van der Waals surface area contributed by atoms with Crippen LogP contribution in [0.1, 0.15) is 156 Å². The fourth-order valence-electron chi connectivity index (χ4n) is 10.3. The van der Waals surface area contributed by atoms with E-state index in [4.69, 9.17) is 18.9 Å². The van der Waals surface area contributed by atoms with Crippen LogP contribution >= 0.6 is 0 Å². The molecule has 4 aromatic rings. The Morgan fingerprint density at radius 2 is 0.667 bits per heavy atom. The Morgan fingerprint density at radius 1 is 0.400 bits per heavy atom. The van der Waals surface area contributed by atoms with Gasteiger partial charge in [-0.05, 0) is 85.5 Å². The van der Waals surface area contributed by atoms with Crippen molar-refractivity contribution in [1.82, 2.24) is 39.2 Å². The number of carbonyl (C=O) groups is 8. The largest absolute Gasteiger partial charge is 0.451 e. The summed E-state index contributed by atoms with van der Waals surface area (Å²) in [6.45, 7) is 26.4. The van der Waals surface area contributed by atoms with Crippen molar-refractivity contribution < 1.29 is 57.3 Å². The van der Waals surface area contributed by atoms with Gasteiger partial charge < -0.3 is 38.5 Å². The fourth-order valence-corrected chi connectivity index (χ4v) is 10.3. The number of hydrogen-bond donors (Lipinski definition) is 0. The molecule has 20 nitrogen and oxygen atoms in total. The van der Waals surface area contributed by atoms with Gasteiger partial charge >= 0.3 is 23.9 Å². The molecule has 2 aromatic heterocycles. The first kappa shape index (κ1) is 72.5. The average molecular weight is 1240 g/mol. The Hall–Kier alpha value is -8.26. The summed E-state index contributed by atoms with van der Waals surface area (Å²) in [7, 11) is 5.57. The van der Waals surface area contributed by atoms with Crippen LogP contribution in [0.25, 0.3) is 0 Å². The molecule has 488 valence electrons. The summed E-state index contributed by atoms with van der Waals surface area (Å²) in [5.41, 5.74) is 4.53. The smallest absolute Gasteiger partial charge is 0.329 e. The molecule has 2 aromatic carbocycles. The minimum absolute atomic E-state index is 0.0709. The van der Waals surface area contributed by atoms with Gasteiger partial charge in [0.1, 0.15) is 24.2 Å². The number of ether oxygens (including phenoxy) is 4. The van der Waals surface area contributed by atoms with Crippen molar-refractivity contribution in [3.8, 4) is 23.7 Å². The molecule has 8 atom stereocenters. The van der Waals surface area contributed by atoms with Crippen molar-refractivity contribution in [2.45, 2.75) is 197 Å². The molecule has 3 heterocycles. The van der Waals surface area contributed by atoms with E-state index in [1.54, 1.807) is 46.0 Å². The van der Waals surface area contributed by atoms with Gasteiger partial charge in [-0.15, -0.1) is 0 Å². The van der Waals surface area contributed by atoms with Crippen LogP contribution in [0.2, 0.25) is 0 Å². The number of benzene rings is 2. The van der Waals surface area contributed by atoms with Crippen LogP contribution < -0.4 is 0 Å². The SMILES string of the molecule is CC(C)C#Cc1cnn(Cc2ccc(C[C@H]3OC(=O)[C@H](CC(C)C)N(C)C(=O)[C@@H](C)OC(=O)[C@H](CC(C)C)N(C)C(=O)[C@@H](Cc4ccc(Cn5cc(C#CC(C)C)cn5)cc4)OC(=O)[C@H](CC(C)C)N(C)C(=O)[C@@H](C)OC(=O)[C@H](CC(C)C)N(C)C3=O)cc2)c1. The summed E-state index contributed by atoms with van der Waals surface area (Å²) in [5.74, 6) is 5.36. The van der Waals surface area contributed by atoms with Crippen molar-refractivity contribution in [2.75, 3.05) is 28.2 Å². The third-order valence-corrected chi connectivity index (χ3v) is 15.3. The van der Waals surface area contributed by atoms with E-state index in [-0.39, 0.29) is 74.0 Å². The molecular weight excluding hydrogens is 1140 g/mol. The summed E-state index contributed by atoms with van der Waals surface area (Å²) in [6, 6.07) is 9.46. The van der Waals surface area contributed by atoms with Gasteiger partial charge in [-0.1, -0.05) is 155 Å². The molecule has 5 rings (SSSR count). The minimum Gasteiger partial charge on any atom is -0.451 e. The second-order valence-corrected chi connectivity index (χ2v) is 26.1. The Morgan fingerprint density at radius 3 is 0.944 bits per heavy atom. The monoisotopic (exact) mass is 1240 g/mol. The molecule has 0 N–H and O–H groups in total. The average Bonchev–Trinajstić information content (AvgIpc) is 2.95. The molecule has 1 saturated heterocycles. The first-order valence-electron chi connectivity index (χ1n) is 31.4. The van der Waals surface area contributed by atoms with E-state index in [1.807, 2.05) is 120 Å². The number of hydrogen-bond acceptors (Lipinski definition) is 14. The van der Waals surface area contributed by atoms with Gasteiger partial charge in [-0.3, -0.25) is 28.5 Å². The summed E-state index contributed by atoms with van der Waals surface area (Å²) in [4.78, 5) is 123. The van der Waals surface area contributed by atoms with Gasteiger partial charge in [0.25, 0.3) is 23.6 Å². The highest BCUT2D eigenvalue weighted by atomic mass is 16.6. The maximum absolute atomic E-state index is 15.1. The third kappa shape index (κ3) is 21.5. The lowest BCUT2D eigenvalue weighted by Crippen LogP contribution is -2.55. The van der Waals surface area contributed by atoms with Gasteiger partial charge in [0, 0.05) is 65.3 Å². The first-order valence-corrected chi connectivity index (χ1v) is 31.4. The van der Waals surface area contributed by atoms with Crippen molar-refractivity contribution in [3.05, 3.63) is 107 Å². The molecule has 0 spiro atoms. The fraction of sp³-hybridized carbons (Fsp3) is 0.571. The number of amides is 4. The molecule has 0 saturated carbocycles. The first-order chi connectivity index (χ1) is 42.3. The van der Waals surface area contributed by atoms with E-state index in [0.29, 0.717) is 24.2 Å². The molecule has 1 aliphatic heterocycles. The maximum Gasteiger partial charge on any atom is 0.329 e. The predicted molar refractivity (Wildman–Crippen MR) is 341 cm³/mol. The van der Waals surface area contributed by atoms with Crippen molar-refractivity contribution >= 4 is 47.5 Å². The highest BCUT2D eigenvalue weighted by Crippen LogP contribution is 2.25. The Bertz CT molecular complexity index is 3000. The Labute approximate surface area is 533 Å². The number of esters is 4. The van der Waals surface area contributed by atoms with E-state index in [0.717, 1.165) is 41.9 Å². The zero-order chi connectivity index (χ0) is 66.8. The van der Waals surface area contributed by atoms with Crippen LogP contribution in [0.5, 0.6) is 0 Å². The molecule has 0 aliphatic carbocycles. The molecule has 0 unspecified atom stereocenters. The van der Waals surface area contributed by atoms with Gasteiger partial charge in [0.2, 0.25) is 0 Å². The highest BCUT2D eigenvalue weighted by molar-refractivity contribution is 5.94.